The topological polar surface area (TPSA) is 61.8 Å². The first-order chi connectivity index (χ1) is 14.5. The Morgan fingerprint density at radius 2 is 2.03 bits per heavy atom. The molecule has 0 unspecified atom stereocenters. The Morgan fingerprint density at radius 3 is 2.77 bits per heavy atom. The molecule has 0 spiro atoms. The summed E-state index contributed by atoms with van der Waals surface area (Å²) in [6, 6.07) is 4.26. The molecule has 2 aliphatic rings. The van der Waals surface area contributed by atoms with Crippen molar-refractivity contribution in [3.05, 3.63) is 46.9 Å². The van der Waals surface area contributed by atoms with Crippen molar-refractivity contribution >= 4 is 11.6 Å². The molecule has 7 nitrogen and oxygen atoms in total. The van der Waals surface area contributed by atoms with E-state index in [-0.39, 0.29) is 11.9 Å². The first-order valence-corrected chi connectivity index (χ1v) is 10.7. The van der Waals surface area contributed by atoms with E-state index in [4.69, 9.17) is 4.74 Å². The molecule has 0 aliphatic carbocycles. The Labute approximate surface area is 178 Å². The van der Waals surface area contributed by atoms with E-state index in [1.54, 1.807) is 7.11 Å². The summed E-state index contributed by atoms with van der Waals surface area (Å²) in [6.45, 7) is 11.4. The van der Waals surface area contributed by atoms with Crippen LogP contribution in [0.2, 0.25) is 0 Å². The first-order valence-electron chi connectivity index (χ1n) is 10.7. The first kappa shape index (κ1) is 20.6. The predicted molar refractivity (Wildman–Crippen MR) is 117 cm³/mol. The van der Waals surface area contributed by atoms with Gasteiger partial charge in [-0.1, -0.05) is 0 Å². The zero-order valence-corrected chi connectivity index (χ0v) is 18.4. The third kappa shape index (κ3) is 3.99. The molecule has 1 saturated heterocycles. The van der Waals surface area contributed by atoms with Crippen LogP contribution in [0, 0.1) is 6.92 Å². The van der Waals surface area contributed by atoms with Crippen molar-refractivity contribution in [2.45, 2.75) is 46.3 Å². The van der Waals surface area contributed by atoms with Crippen LogP contribution in [0.25, 0.3) is 0 Å². The number of pyridine rings is 2. The molecule has 0 radical (unpaired) electrons. The second-order valence-corrected chi connectivity index (χ2v) is 8.46. The van der Waals surface area contributed by atoms with Gasteiger partial charge in [-0.3, -0.25) is 14.7 Å². The van der Waals surface area contributed by atoms with Gasteiger partial charge in [0, 0.05) is 62.4 Å². The second kappa shape index (κ2) is 8.60. The number of carbonyl (C=O) groups excluding carboxylic acids is 1. The van der Waals surface area contributed by atoms with E-state index in [1.165, 1.54) is 11.3 Å². The number of aryl methyl sites for hydroxylation is 1. The number of nitrogens with zero attached hydrogens (tertiary/aromatic N) is 5. The van der Waals surface area contributed by atoms with Gasteiger partial charge in [-0.15, -0.1) is 0 Å². The van der Waals surface area contributed by atoms with Crippen molar-refractivity contribution in [1.82, 2.24) is 19.8 Å². The van der Waals surface area contributed by atoms with Crippen molar-refractivity contribution < 1.29 is 9.53 Å². The zero-order valence-electron chi connectivity index (χ0n) is 18.4. The van der Waals surface area contributed by atoms with Crippen LogP contribution < -0.4 is 9.64 Å². The number of amides is 1. The average Bonchev–Trinajstić information content (AvgIpc) is 2.89. The van der Waals surface area contributed by atoms with Gasteiger partial charge in [-0.25, -0.2) is 4.98 Å². The normalized spacial score (nSPS) is 17.4. The van der Waals surface area contributed by atoms with Gasteiger partial charge in [-0.05, 0) is 44.9 Å². The van der Waals surface area contributed by atoms with Crippen molar-refractivity contribution in [2.75, 3.05) is 38.2 Å². The van der Waals surface area contributed by atoms with Crippen LogP contribution in [0.4, 0.5) is 5.69 Å². The SMILES string of the molecule is COc1nc2c(cc1CN1CCCN(c3ccncc3C)CC1)C(=O)N(C(C)C)C2. The Hall–Kier alpha value is -2.67. The van der Waals surface area contributed by atoms with Crippen LogP contribution in [0.15, 0.2) is 24.5 Å². The van der Waals surface area contributed by atoms with Gasteiger partial charge >= 0.3 is 0 Å². The highest BCUT2D eigenvalue weighted by molar-refractivity contribution is 5.98. The fraction of sp³-hybridized carbons (Fsp3) is 0.522. The van der Waals surface area contributed by atoms with E-state index < -0.39 is 0 Å². The summed E-state index contributed by atoms with van der Waals surface area (Å²) in [5.41, 5.74) is 5.02. The van der Waals surface area contributed by atoms with E-state index in [1.807, 2.05) is 37.2 Å². The van der Waals surface area contributed by atoms with Crippen LogP contribution in [0.5, 0.6) is 5.88 Å². The molecule has 4 rings (SSSR count). The number of hydrogen-bond donors (Lipinski definition) is 0. The maximum absolute atomic E-state index is 12.8. The van der Waals surface area contributed by atoms with Gasteiger partial charge in [-0.2, -0.15) is 0 Å². The van der Waals surface area contributed by atoms with E-state index in [2.05, 4.69) is 32.8 Å². The number of hydrogen-bond acceptors (Lipinski definition) is 6. The molecular weight excluding hydrogens is 378 g/mol. The van der Waals surface area contributed by atoms with E-state index in [0.717, 1.165) is 56.0 Å². The van der Waals surface area contributed by atoms with Gasteiger partial charge in [0.1, 0.15) is 0 Å². The third-order valence-corrected chi connectivity index (χ3v) is 6.08. The maximum atomic E-state index is 12.8. The Bertz CT molecular complexity index is 930. The monoisotopic (exact) mass is 409 g/mol. The summed E-state index contributed by atoms with van der Waals surface area (Å²) in [5.74, 6) is 0.713. The third-order valence-electron chi connectivity index (χ3n) is 6.08. The molecule has 2 aromatic heterocycles. The highest BCUT2D eigenvalue weighted by Gasteiger charge is 2.32. The minimum Gasteiger partial charge on any atom is -0.481 e. The molecule has 0 aromatic carbocycles. The van der Waals surface area contributed by atoms with Gasteiger partial charge < -0.3 is 14.5 Å². The van der Waals surface area contributed by atoms with Crippen molar-refractivity contribution in [1.29, 1.82) is 0 Å². The molecule has 2 aromatic rings. The van der Waals surface area contributed by atoms with Gasteiger partial charge in [0.2, 0.25) is 5.88 Å². The number of fused-ring (bicyclic) bond motifs is 1. The summed E-state index contributed by atoms with van der Waals surface area (Å²) >= 11 is 0. The molecule has 0 saturated carbocycles. The largest absolute Gasteiger partial charge is 0.481 e. The maximum Gasteiger partial charge on any atom is 0.256 e. The van der Waals surface area contributed by atoms with E-state index in [9.17, 15) is 4.79 Å². The van der Waals surface area contributed by atoms with Crippen molar-refractivity contribution in [3.8, 4) is 5.88 Å². The molecule has 30 heavy (non-hydrogen) atoms. The summed E-state index contributed by atoms with van der Waals surface area (Å²) in [5, 5.41) is 0. The minimum atomic E-state index is 0.0756. The van der Waals surface area contributed by atoms with Gasteiger partial charge in [0.25, 0.3) is 5.91 Å². The predicted octanol–water partition coefficient (Wildman–Crippen LogP) is 2.87. The smallest absolute Gasteiger partial charge is 0.256 e. The molecule has 0 N–H and O–H groups in total. The molecule has 4 heterocycles. The number of methoxy groups -OCH3 is 1. The van der Waals surface area contributed by atoms with Crippen LogP contribution in [0.3, 0.4) is 0 Å². The van der Waals surface area contributed by atoms with Crippen LogP contribution >= 0.6 is 0 Å². The zero-order chi connectivity index (χ0) is 21.3. The number of rotatable bonds is 5. The second-order valence-electron chi connectivity index (χ2n) is 8.46. The highest BCUT2D eigenvalue weighted by atomic mass is 16.5. The van der Waals surface area contributed by atoms with Crippen molar-refractivity contribution in [2.24, 2.45) is 0 Å². The molecule has 0 atom stereocenters. The lowest BCUT2D eigenvalue weighted by Crippen LogP contribution is -2.31. The number of anilines is 1. The Morgan fingerprint density at radius 1 is 1.20 bits per heavy atom. The molecule has 1 fully saturated rings. The fourth-order valence-electron chi connectivity index (χ4n) is 4.41. The van der Waals surface area contributed by atoms with Gasteiger partial charge in [0.05, 0.1) is 24.9 Å². The lowest BCUT2D eigenvalue weighted by Gasteiger charge is -2.25. The van der Waals surface area contributed by atoms with Crippen LogP contribution in [0.1, 0.15) is 47.4 Å². The molecule has 0 bridgehead atoms. The Kier molecular flexibility index (Phi) is 5.90. The van der Waals surface area contributed by atoms with Crippen LogP contribution in [-0.2, 0) is 13.1 Å². The number of ether oxygens (including phenoxy) is 1. The van der Waals surface area contributed by atoms with Crippen molar-refractivity contribution in [3.63, 3.8) is 0 Å². The summed E-state index contributed by atoms with van der Waals surface area (Å²) < 4.78 is 5.60. The quantitative estimate of drug-likeness (QED) is 0.757. The van der Waals surface area contributed by atoms with Gasteiger partial charge in [0.15, 0.2) is 0 Å². The minimum absolute atomic E-state index is 0.0756. The molecule has 1 amide bonds. The number of carbonyl (C=O) groups is 1. The molecule has 2 aliphatic heterocycles. The van der Waals surface area contributed by atoms with Crippen LogP contribution in [-0.4, -0.2) is 65.0 Å². The summed E-state index contributed by atoms with van der Waals surface area (Å²) in [7, 11) is 1.66. The lowest BCUT2D eigenvalue weighted by molar-refractivity contribution is 0.0730. The summed E-state index contributed by atoms with van der Waals surface area (Å²) in [6.07, 6.45) is 4.88. The molecule has 160 valence electrons. The molecular formula is C23H31N5O2. The standard InChI is InChI=1S/C23H31N5O2/c1-16(2)28-15-20-19(23(28)29)12-18(22(25-20)30-4)14-26-8-5-9-27(11-10-26)21-6-7-24-13-17(21)3/h6-7,12-13,16H,5,8-11,14-15H2,1-4H3. The lowest BCUT2D eigenvalue weighted by atomic mass is 10.1. The average molecular weight is 410 g/mol. The van der Waals surface area contributed by atoms with E-state index >= 15 is 0 Å². The number of aromatic nitrogens is 2. The highest BCUT2D eigenvalue weighted by Crippen LogP contribution is 2.29. The summed E-state index contributed by atoms with van der Waals surface area (Å²) in [4.78, 5) is 28.4. The van der Waals surface area contributed by atoms with E-state index in [0.29, 0.717) is 12.4 Å². The molecule has 7 heteroatoms. The Balaban J connectivity index is 1.50. The fourth-order valence-corrected chi connectivity index (χ4v) is 4.41.